The molecule has 188 valence electrons. The van der Waals surface area contributed by atoms with Crippen molar-refractivity contribution in [3.8, 4) is 17.2 Å². The number of nitrogens with one attached hydrogen (secondary N) is 1. The first-order chi connectivity index (χ1) is 17.2. The van der Waals surface area contributed by atoms with Crippen molar-refractivity contribution in [2.24, 2.45) is 0 Å². The first-order valence-corrected chi connectivity index (χ1v) is 12.9. The minimum atomic E-state index is -4.09. The molecule has 1 heterocycles. The molecule has 0 aromatic heterocycles. The Labute approximate surface area is 211 Å². The molecular formula is C25H21F2NO6S2. The lowest BCUT2D eigenvalue weighted by Crippen LogP contribution is -2.18. The summed E-state index contributed by atoms with van der Waals surface area (Å²) in [6, 6.07) is 10.6. The van der Waals surface area contributed by atoms with Crippen molar-refractivity contribution < 1.29 is 36.2 Å². The average Bonchev–Trinajstić information content (AvgIpc) is 2.86. The third-order valence-corrected chi connectivity index (χ3v) is 8.15. The van der Waals surface area contributed by atoms with Crippen LogP contribution in [0.4, 0.5) is 14.5 Å². The van der Waals surface area contributed by atoms with Crippen LogP contribution in [0.2, 0.25) is 0 Å². The summed E-state index contributed by atoms with van der Waals surface area (Å²) in [7, 11) is 0.345. The van der Waals surface area contributed by atoms with Gasteiger partial charge >= 0.3 is 0 Å². The van der Waals surface area contributed by atoms with E-state index < -0.39 is 38.7 Å². The number of anilines is 1. The van der Waals surface area contributed by atoms with Gasteiger partial charge in [-0.05, 0) is 36.4 Å². The summed E-state index contributed by atoms with van der Waals surface area (Å²) < 4.78 is 70.1. The summed E-state index contributed by atoms with van der Waals surface area (Å²) in [4.78, 5) is 13.3. The van der Waals surface area contributed by atoms with Gasteiger partial charge in [-0.25, -0.2) is 17.2 Å². The van der Waals surface area contributed by atoms with Gasteiger partial charge < -0.3 is 19.5 Å². The summed E-state index contributed by atoms with van der Waals surface area (Å²) in [5.74, 6) is -1.82. The topological polar surface area (TPSA) is 90.9 Å². The number of rotatable bonds is 7. The van der Waals surface area contributed by atoms with E-state index in [9.17, 15) is 22.0 Å². The highest BCUT2D eigenvalue weighted by Gasteiger charge is 2.26. The quantitative estimate of drug-likeness (QED) is 0.425. The van der Waals surface area contributed by atoms with Gasteiger partial charge in [0.05, 0.1) is 48.1 Å². The fourth-order valence-corrected chi connectivity index (χ4v) is 6.02. The van der Waals surface area contributed by atoms with Gasteiger partial charge in [0.15, 0.2) is 9.84 Å². The second-order valence-electron chi connectivity index (χ2n) is 7.63. The Morgan fingerprint density at radius 1 is 0.944 bits per heavy atom. The lowest BCUT2D eigenvalue weighted by Gasteiger charge is -2.20. The van der Waals surface area contributed by atoms with Crippen LogP contribution in [0, 0.1) is 11.6 Å². The van der Waals surface area contributed by atoms with Crippen molar-refractivity contribution in [2.75, 3.05) is 26.6 Å². The molecule has 0 spiro atoms. The minimum absolute atomic E-state index is 0.133. The van der Waals surface area contributed by atoms with E-state index in [-0.39, 0.29) is 9.80 Å². The van der Waals surface area contributed by atoms with Gasteiger partial charge in [0.25, 0.3) is 5.91 Å². The Morgan fingerprint density at radius 3 is 2.17 bits per heavy atom. The van der Waals surface area contributed by atoms with Crippen LogP contribution < -0.4 is 19.5 Å². The van der Waals surface area contributed by atoms with E-state index in [2.05, 4.69) is 5.32 Å². The highest BCUT2D eigenvalue weighted by atomic mass is 32.2. The van der Waals surface area contributed by atoms with Gasteiger partial charge in [-0.3, -0.25) is 4.79 Å². The van der Waals surface area contributed by atoms with Gasteiger partial charge in [-0.2, -0.15) is 0 Å². The standard InChI is InChI=1S/C25H21F2NO6S2/c1-32-14-9-21(33-2)16(22(10-14)34-3)12-24-25(29)28-20-8-7-15(11-23(20)35-24)36(30,31)13-17-18(26)5-4-6-19(17)27/h4-12H,13H2,1-3H3,(H,28,29)/b24-12-. The molecule has 3 aromatic rings. The summed E-state index contributed by atoms with van der Waals surface area (Å²) in [5.41, 5.74) is 0.364. The number of halogens is 2. The summed E-state index contributed by atoms with van der Waals surface area (Å²) in [6.07, 6.45) is 1.57. The van der Waals surface area contributed by atoms with E-state index in [0.717, 1.165) is 23.9 Å². The molecule has 0 unspecified atom stereocenters. The molecule has 0 atom stereocenters. The lowest BCUT2D eigenvalue weighted by atomic mass is 10.1. The predicted molar refractivity (Wildman–Crippen MR) is 132 cm³/mol. The highest BCUT2D eigenvalue weighted by molar-refractivity contribution is 8.04. The summed E-state index contributed by atoms with van der Waals surface area (Å²) in [5, 5.41) is 2.73. The molecule has 7 nitrogen and oxygen atoms in total. The molecule has 1 aliphatic heterocycles. The Morgan fingerprint density at radius 2 is 1.58 bits per heavy atom. The fraction of sp³-hybridized carbons (Fsp3) is 0.160. The first kappa shape index (κ1) is 25.5. The molecule has 0 saturated carbocycles. The van der Waals surface area contributed by atoms with Crippen molar-refractivity contribution >= 4 is 39.3 Å². The second kappa shape index (κ2) is 10.2. The van der Waals surface area contributed by atoms with E-state index in [1.807, 2.05) is 0 Å². The molecular weight excluding hydrogens is 512 g/mol. The third kappa shape index (κ3) is 5.02. The average molecular weight is 534 g/mol. The number of fused-ring (bicyclic) bond motifs is 1. The van der Waals surface area contributed by atoms with Gasteiger partial charge in [0.2, 0.25) is 0 Å². The van der Waals surface area contributed by atoms with Crippen LogP contribution in [0.15, 0.2) is 63.2 Å². The molecule has 36 heavy (non-hydrogen) atoms. The number of sulfone groups is 1. The molecule has 0 saturated heterocycles. The fourth-order valence-electron chi connectivity index (χ4n) is 3.58. The zero-order valence-electron chi connectivity index (χ0n) is 19.4. The molecule has 1 aliphatic rings. The van der Waals surface area contributed by atoms with Gasteiger partial charge in [-0.15, -0.1) is 0 Å². The Balaban J connectivity index is 1.71. The Hall–Kier alpha value is -3.57. The number of amides is 1. The van der Waals surface area contributed by atoms with Crippen molar-refractivity contribution in [2.45, 2.75) is 15.5 Å². The summed E-state index contributed by atoms with van der Waals surface area (Å²) >= 11 is 1.05. The van der Waals surface area contributed by atoms with Crippen LogP contribution in [-0.2, 0) is 20.4 Å². The van der Waals surface area contributed by atoms with Gasteiger partial charge in [0, 0.05) is 22.6 Å². The van der Waals surface area contributed by atoms with Crippen LogP contribution >= 0.6 is 11.8 Å². The van der Waals surface area contributed by atoms with Gasteiger partial charge in [-0.1, -0.05) is 17.8 Å². The summed E-state index contributed by atoms with van der Waals surface area (Å²) in [6.45, 7) is 0. The number of thioether (sulfide) groups is 1. The van der Waals surface area contributed by atoms with Crippen LogP contribution in [-0.4, -0.2) is 35.7 Å². The predicted octanol–water partition coefficient (Wildman–Crippen LogP) is 5.05. The molecule has 0 bridgehead atoms. The largest absolute Gasteiger partial charge is 0.496 e. The number of ether oxygens (including phenoxy) is 3. The third-order valence-electron chi connectivity index (χ3n) is 5.43. The second-order valence-corrected chi connectivity index (χ2v) is 10.7. The molecule has 1 amide bonds. The number of methoxy groups -OCH3 is 3. The Kier molecular flexibility index (Phi) is 7.23. The SMILES string of the molecule is COc1cc(OC)c(/C=C2\Sc3cc(S(=O)(=O)Cc4c(F)cccc4F)ccc3NC2=O)c(OC)c1. The van der Waals surface area contributed by atoms with E-state index >= 15 is 0 Å². The lowest BCUT2D eigenvalue weighted by molar-refractivity contribution is -0.112. The number of hydrogen-bond donors (Lipinski definition) is 1. The number of carbonyl (C=O) groups excluding carboxylic acids is 1. The zero-order valence-corrected chi connectivity index (χ0v) is 21.1. The van der Waals surface area contributed by atoms with Gasteiger partial charge in [0.1, 0.15) is 28.9 Å². The molecule has 0 fully saturated rings. The van der Waals surface area contributed by atoms with Crippen molar-refractivity contribution in [1.82, 2.24) is 0 Å². The monoisotopic (exact) mass is 533 g/mol. The minimum Gasteiger partial charge on any atom is -0.496 e. The van der Waals surface area contributed by atoms with E-state index in [1.165, 1.54) is 45.6 Å². The molecule has 0 radical (unpaired) electrons. The maximum Gasteiger partial charge on any atom is 0.262 e. The molecule has 4 rings (SSSR count). The maximum absolute atomic E-state index is 14.1. The number of benzene rings is 3. The van der Waals surface area contributed by atoms with Crippen LogP contribution in [0.5, 0.6) is 17.2 Å². The van der Waals surface area contributed by atoms with Crippen LogP contribution in [0.3, 0.4) is 0 Å². The normalized spacial score (nSPS) is 14.2. The van der Waals surface area contributed by atoms with E-state index in [4.69, 9.17) is 14.2 Å². The highest BCUT2D eigenvalue weighted by Crippen LogP contribution is 2.43. The number of carbonyl (C=O) groups is 1. The molecule has 1 N–H and O–H groups in total. The maximum atomic E-state index is 14.1. The van der Waals surface area contributed by atoms with Crippen molar-refractivity contribution in [3.05, 3.63) is 76.2 Å². The molecule has 0 aliphatic carbocycles. The molecule has 11 heteroatoms. The zero-order chi connectivity index (χ0) is 26.0. The smallest absolute Gasteiger partial charge is 0.262 e. The van der Waals surface area contributed by atoms with Crippen molar-refractivity contribution in [3.63, 3.8) is 0 Å². The van der Waals surface area contributed by atoms with Crippen LogP contribution in [0.1, 0.15) is 11.1 Å². The van der Waals surface area contributed by atoms with E-state index in [1.54, 1.807) is 18.2 Å². The number of hydrogen-bond acceptors (Lipinski definition) is 7. The van der Waals surface area contributed by atoms with E-state index in [0.29, 0.717) is 33.4 Å². The molecule has 3 aromatic carbocycles. The van der Waals surface area contributed by atoms with Crippen LogP contribution in [0.25, 0.3) is 6.08 Å². The first-order valence-electron chi connectivity index (χ1n) is 10.5. The van der Waals surface area contributed by atoms with Crippen molar-refractivity contribution in [1.29, 1.82) is 0 Å². The Bertz CT molecular complexity index is 1440.